The minimum Gasteiger partial charge on any atom is -0.287 e. The highest BCUT2D eigenvalue weighted by atomic mass is 32.1. The maximum atomic E-state index is 12.2. The maximum absolute atomic E-state index is 12.2. The maximum Gasteiger partial charge on any atom is 0.213 e. The molecule has 88 valence electrons. The number of carbonyl (C=O) groups excluding carboxylic acids is 1. The average Bonchev–Trinajstić information content (AvgIpc) is 2.94. The van der Waals surface area contributed by atoms with Crippen molar-refractivity contribution in [3.8, 4) is 6.07 Å². The van der Waals surface area contributed by atoms with Crippen molar-refractivity contribution in [2.24, 2.45) is 0 Å². The van der Waals surface area contributed by atoms with Crippen molar-refractivity contribution < 1.29 is 4.79 Å². The van der Waals surface area contributed by atoms with Crippen molar-refractivity contribution in [3.05, 3.63) is 63.9 Å². The number of Topliss-reactive ketones (excluding diaryl/α,β-unsaturated/α-hetero) is 1. The molecule has 0 aliphatic heterocycles. The van der Waals surface area contributed by atoms with Crippen LogP contribution in [0.3, 0.4) is 0 Å². The van der Waals surface area contributed by atoms with E-state index in [1.165, 1.54) is 11.3 Å². The van der Waals surface area contributed by atoms with Gasteiger partial charge in [-0.25, -0.2) is 0 Å². The van der Waals surface area contributed by atoms with Gasteiger partial charge < -0.3 is 0 Å². The average molecular weight is 253 g/mol. The van der Waals surface area contributed by atoms with Gasteiger partial charge >= 0.3 is 0 Å². The predicted octanol–water partition coefficient (Wildman–Crippen LogP) is 3.93. The van der Waals surface area contributed by atoms with Gasteiger partial charge in [0.25, 0.3) is 0 Å². The largest absolute Gasteiger partial charge is 0.287 e. The molecule has 0 unspecified atom stereocenters. The van der Waals surface area contributed by atoms with E-state index in [9.17, 15) is 10.1 Å². The Labute approximate surface area is 110 Å². The topological polar surface area (TPSA) is 40.9 Å². The zero-order valence-electron chi connectivity index (χ0n) is 9.88. The van der Waals surface area contributed by atoms with E-state index in [2.05, 4.69) is 0 Å². The number of carbonyl (C=O) groups is 1. The molecule has 0 bridgehead atoms. The minimum absolute atomic E-state index is 0.200. The molecule has 0 N–H and O–H groups in total. The Balaban J connectivity index is 2.46. The van der Waals surface area contributed by atoms with E-state index in [1.807, 2.05) is 47.8 Å². The van der Waals surface area contributed by atoms with Gasteiger partial charge in [-0.1, -0.05) is 36.4 Å². The molecule has 0 aliphatic carbocycles. The molecule has 0 saturated heterocycles. The summed E-state index contributed by atoms with van der Waals surface area (Å²) in [6, 6.07) is 15.1. The summed E-state index contributed by atoms with van der Waals surface area (Å²) in [5.41, 5.74) is 1.83. The quantitative estimate of drug-likeness (QED) is 0.472. The van der Waals surface area contributed by atoms with Gasteiger partial charge in [-0.3, -0.25) is 4.79 Å². The van der Waals surface area contributed by atoms with Crippen LogP contribution < -0.4 is 0 Å². The van der Waals surface area contributed by atoms with Crippen molar-refractivity contribution in [1.29, 1.82) is 5.26 Å². The van der Waals surface area contributed by atoms with E-state index in [1.54, 1.807) is 13.0 Å². The first-order valence-corrected chi connectivity index (χ1v) is 6.36. The van der Waals surface area contributed by atoms with E-state index in [0.717, 1.165) is 11.1 Å². The molecule has 3 heteroatoms. The second-order valence-electron chi connectivity index (χ2n) is 3.78. The van der Waals surface area contributed by atoms with Crippen LogP contribution in [0.1, 0.15) is 22.2 Å². The van der Waals surface area contributed by atoms with Crippen molar-refractivity contribution in [1.82, 2.24) is 0 Å². The van der Waals surface area contributed by atoms with Crippen LogP contribution in [0.5, 0.6) is 0 Å². The molecule has 18 heavy (non-hydrogen) atoms. The molecule has 1 heterocycles. The third-order valence-corrected chi connectivity index (χ3v) is 3.53. The molecule has 2 rings (SSSR count). The van der Waals surface area contributed by atoms with Crippen LogP contribution >= 0.6 is 11.3 Å². The first-order valence-electron chi connectivity index (χ1n) is 5.48. The molecule has 0 amide bonds. The molecule has 0 atom stereocenters. The van der Waals surface area contributed by atoms with Gasteiger partial charge in [0.1, 0.15) is 11.6 Å². The van der Waals surface area contributed by atoms with Crippen LogP contribution in [-0.4, -0.2) is 5.78 Å². The van der Waals surface area contributed by atoms with E-state index < -0.39 is 0 Å². The molecule has 0 spiro atoms. The smallest absolute Gasteiger partial charge is 0.213 e. The predicted molar refractivity (Wildman–Crippen MR) is 73.3 cm³/mol. The van der Waals surface area contributed by atoms with Gasteiger partial charge in [-0.15, -0.1) is 11.3 Å². The van der Waals surface area contributed by atoms with Gasteiger partial charge in [-0.05, 0) is 29.5 Å². The Morgan fingerprint density at radius 1 is 1.17 bits per heavy atom. The Morgan fingerprint density at radius 2 is 1.89 bits per heavy atom. The highest BCUT2D eigenvalue weighted by Gasteiger charge is 2.16. The molecule has 0 fully saturated rings. The Morgan fingerprint density at radius 3 is 2.44 bits per heavy atom. The van der Waals surface area contributed by atoms with E-state index >= 15 is 0 Å². The Bertz CT molecular complexity index is 618. The molecule has 1 aromatic carbocycles. The zero-order valence-corrected chi connectivity index (χ0v) is 10.7. The molecule has 0 radical (unpaired) electrons. The molecule has 1 aromatic heterocycles. The second-order valence-corrected chi connectivity index (χ2v) is 4.73. The number of nitrogens with zero attached hydrogens (tertiary/aromatic N) is 1. The van der Waals surface area contributed by atoms with Crippen molar-refractivity contribution in [2.45, 2.75) is 6.92 Å². The van der Waals surface area contributed by atoms with Gasteiger partial charge in [-0.2, -0.15) is 5.26 Å². The Kier molecular flexibility index (Phi) is 3.71. The zero-order chi connectivity index (χ0) is 13.0. The number of hydrogen-bond donors (Lipinski definition) is 0. The molecule has 0 aliphatic rings. The lowest BCUT2D eigenvalue weighted by Gasteiger charge is -2.04. The summed E-state index contributed by atoms with van der Waals surface area (Å²) in [6.45, 7) is 1.80. The van der Waals surface area contributed by atoms with Gasteiger partial charge in [0.2, 0.25) is 5.78 Å². The summed E-state index contributed by atoms with van der Waals surface area (Å²) in [6.07, 6.45) is 0. The lowest BCUT2D eigenvalue weighted by Crippen LogP contribution is -2.01. The third kappa shape index (κ3) is 2.39. The van der Waals surface area contributed by atoms with Crippen LogP contribution in [0.15, 0.2) is 53.4 Å². The second kappa shape index (κ2) is 5.44. The normalized spacial score (nSPS) is 11.6. The van der Waals surface area contributed by atoms with Crippen LogP contribution in [0.25, 0.3) is 5.57 Å². The number of nitriles is 1. The number of hydrogen-bond acceptors (Lipinski definition) is 3. The van der Waals surface area contributed by atoms with Crippen molar-refractivity contribution in [3.63, 3.8) is 0 Å². The number of ketones is 1. The first kappa shape index (κ1) is 12.3. The number of rotatable bonds is 3. The van der Waals surface area contributed by atoms with Crippen molar-refractivity contribution >= 4 is 22.7 Å². The van der Waals surface area contributed by atoms with Gasteiger partial charge in [0.15, 0.2) is 0 Å². The van der Waals surface area contributed by atoms with Crippen LogP contribution in [0.2, 0.25) is 0 Å². The fourth-order valence-corrected chi connectivity index (χ4v) is 2.34. The summed E-state index contributed by atoms with van der Waals surface area (Å²) < 4.78 is 0. The lowest BCUT2D eigenvalue weighted by molar-refractivity contribution is 0.104. The van der Waals surface area contributed by atoms with Crippen molar-refractivity contribution in [2.75, 3.05) is 0 Å². The molecular formula is C15H11NOS. The fourth-order valence-electron chi connectivity index (χ4n) is 1.67. The Hall–Kier alpha value is -2.18. The monoisotopic (exact) mass is 253 g/mol. The lowest BCUT2D eigenvalue weighted by atomic mass is 9.99. The summed E-state index contributed by atoms with van der Waals surface area (Å²) in [4.78, 5) is 12.8. The number of benzene rings is 1. The standard InChI is InChI=1S/C15H11NOS/c1-11(12-6-3-2-4-7-12)13(10-16)15(17)14-8-5-9-18-14/h2-9H,1H3/b13-11+. The molecule has 0 saturated carbocycles. The van der Waals surface area contributed by atoms with E-state index in [-0.39, 0.29) is 11.4 Å². The highest BCUT2D eigenvalue weighted by Crippen LogP contribution is 2.22. The summed E-state index contributed by atoms with van der Waals surface area (Å²) >= 11 is 1.35. The molecular weight excluding hydrogens is 242 g/mol. The fraction of sp³-hybridized carbons (Fsp3) is 0.0667. The summed E-state index contributed by atoms with van der Waals surface area (Å²) in [7, 11) is 0. The van der Waals surface area contributed by atoms with Crippen LogP contribution in [0.4, 0.5) is 0 Å². The summed E-state index contributed by atoms with van der Waals surface area (Å²) in [5, 5.41) is 11.0. The van der Waals surface area contributed by atoms with E-state index in [0.29, 0.717) is 4.88 Å². The third-order valence-electron chi connectivity index (χ3n) is 2.67. The number of allylic oxidation sites excluding steroid dienone is 2. The first-order chi connectivity index (χ1) is 8.74. The minimum atomic E-state index is -0.200. The number of thiophene rings is 1. The summed E-state index contributed by atoms with van der Waals surface area (Å²) in [5.74, 6) is -0.200. The van der Waals surface area contributed by atoms with Gasteiger partial charge in [0, 0.05) is 0 Å². The van der Waals surface area contributed by atoms with Crippen LogP contribution in [0, 0.1) is 11.3 Å². The highest BCUT2D eigenvalue weighted by molar-refractivity contribution is 7.12. The molecule has 2 aromatic rings. The van der Waals surface area contributed by atoms with E-state index in [4.69, 9.17) is 0 Å². The molecule has 2 nitrogen and oxygen atoms in total. The SMILES string of the molecule is C/C(=C(/C#N)C(=O)c1cccs1)c1ccccc1. The van der Waals surface area contributed by atoms with Gasteiger partial charge in [0.05, 0.1) is 4.88 Å². The van der Waals surface area contributed by atoms with Crippen LogP contribution in [-0.2, 0) is 0 Å².